The molecule has 0 fully saturated rings. The molecule has 3 aromatic rings. The van der Waals surface area contributed by atoms with Crippen molar-refractivity contribution in [2.75, 3.05) is 0 Å². The molecule has 0 aliphatic heterocycles. The molecule has 6 heteroatoms. The van der Waals surface area contributed by atoms with E-state index in [-0.39, 0.29) is 0 Å². The Kier molecular flexibility index (Phi) is 3.58. The van der Waals surface area contributed by atoms with Crippen LogP contribution in [-0.4, -0.2) is 14.4 Å². The molecule has 1 aromatic carbocycles. The van der Waals surface area contributed by atoms with Crippen molar-refractivity contribution >= 4 is 11.5 Å². The third kappa shape index (κ3) is 2.67. The zero-order valence-corrected chi connectivity index (χ0v) is 12.0. The maximum atomic E-state index is 13.2. The van der Waals surface area contributed by atoms with E-state index in [1.54, 1.807) is 6.20 Å². The fourth-order valence-corrected chi connectivity index (χ4v) is 2.16. The van der Waals surface area contributed by atoms with Crippen LogP contribution in [0.1, 0.15) is 17.0 Å². The van der Waals surface area contributed by atoms with Gasteiger partial charge in [0.1, 0.15) is 0 Å². The smallest absolute Gasteiger partial charge is 0.234 e. The van der Waals surface area contributed by atoms with Gasteiger partial charge in [0.05, 0.1) is 11.4 Å². The van der Waals surface area contributed by atoms with Crippen LogP contribution in [0.25, 0.3) is 11.5 Å². The zero-order chi connectivity index (χ0) is 15.7. The summed E-state index contributed by atoms with van der Waals surface area (Å²) in [5, 5.41) is 3.06. The molecule has 2 heterocycles. The lowest BCUT2D eigenvalue weighted by atomic mass is 10.2. The Bertz CT molecular complexity index is 854. The summed E-state index contributed by atoms with van der Waals surface area (Å²) in [4.78, 5) is 8.55. The molecular weight excluding hydrogens is 286 g/mol. The molecule has 0 bridgehead atoms. The van der Waals surface area contributed by atoms with Crippen molar-refractivity contribution in [3.63, 3.8) is 0 Å². The summed E-state index contributed by atoms with van der Waals surface area (Å²) in [6.07, 6.45) is 3.51. The molecule has 0 radical (unpaired) electrons. The predicted octanol–water partition coefficient (Wildman–Crippen LogP) is 3.08. The second-order valence-corrected chi connectivity index (χ2v) is 4.96. The van der Waals surface area contributed by atoms with Crippen molar-refractivity contribution in [1.29, 1.82) is 0 Å². The molecule has 1 N–H and O–H groups in total. The van der Waals surface area contributed by atoms with E-state index in [1.807, 2.05) is 23.6 Å². The molecule has 0 aliphatic carbocycles. The summed E-state index contributed by atoms with van der Waals surface area (Å²) >= 11 is 0. The van der Waals surface area contributed by atoms with Crippen molar-refractivity contribution < 1.29 is 8.78 Å². The number of rotatable bonds is 4. The van der Waals surface area contributed by atoms with Gasteiger partial charge in [0, 0.05) is 24.6 Å². The van der Waals surface area contributed by atoms with Crippen molar-refractivity contribution in [2.45, 2.75) is 13.5 Å². The Hall–Kier alpha value is -2.76. The largest absolute Gasteiger partial charge is 0.380 e. The van der Waals surface area contributed by atoms with E-state index in [0.29, 0.717) is 29.3 Å². The second kappa shape index (κ2) is 5.55. The van der Waals surface area contributed by atoms with Crippen LogP contribution in [0.2, 0.25) is 0 Å². The van der Waals surface area contributed by atoms with E-state index in [9.17, 15) is 8.78 Å². The highest BCUT2D eigenvalue weighted by Gasteiger charge is 2.07. The lowest BCUT2D eigenvalue weighted by Crippen LogP contribution is -2.13. The molecule has 0 unspecified atom stereocenters. The van der Waals surface area contributed by atoms with Crippen LogP contribution in [0.15, 0.2) is 43.2 Å². The van der Waals surface area contributed by atoms with E-state index in [2.05, 4.69) is 21.9 Å². The van der Waals surface area contributed by atoms with Gasteiger partial charge in [-0.3, -0.25) is 4.40 Å². The van der Waals surface area contributed by atoms with Crippen molar-refractivity contribution in [3.05, 3.63) is 71.8 Å². The summed E-state index contributed by atoms with van der Waals surface area (Å²) in [6.45, 7) is 6.21. The quantitative estimate of drug-likeness (QED) is 0.805. The van der Waals surface area contributed by atoms with Crippen LogP contribution in [0.3, 0.4) is 0 Å². The van der Waals surface area contributed by atoms with E-state index in [0.717, 1.165) is 17.8 Å². The first-order valence-electron chi connectivity index (χ1n) is 6.72. The molecular formula is C16H14F2N4. The number of fused-ring (bicyclic) bond motifs is 1. The van der Waals surface area contributed by atoms with Crippen LogP contribution in [-0.2, 0) is 6.54 Å². The maximum Gasteiger partial charge on any atom is 0.234 e. The minimum atomic E-state index is -0.863. The summed E-state index contributed by atoms with van der Waals surface area (Å²) < 4.78 is 27.9. The third-order valence-corrected chi connectivity index (χ3v) is 3.37. The van der Waals surface area contributed by atoms with E-state index < -0.39 is 11.6 Å². The molecule has 112 valence electrons. The number of benzene rings is 1. The predicted molar refractivity (Wildman–Crippen MR) is 80.0 cm³/mol. The van der Waals surface area contributed by atoms with Crippen molar-refractivity contribution in [2.24, 2.45) is 0 Å². The van der Waals surface area contributed by atoms with E-state index in [4.69, 9.17) is 0 Å². The highest BCUT2D eigenvalue weighted by molar-refractivity contribution is 5.60. The average molecular weight is 300 g/mol. The number of imidazole rings is 1. The highest BCUT2D eigenvalue weighted by atomic mass is 19.2. The number of aromatic nitrogens is 3. The van der Waals surface area contributed by atoms with Gasteiger partial charge in [-0.2, -0.15) is 0 Å². The molecule has 0 atom stereocenters. The molecule has 0 saturated carbocycles. The van der Waals surface area contributed by atoms with E-state index in [1.165, 1.54) is 6.07 Å². The number of halogens is 2. The van der Waals surface area contributed by atoms with Gasteiger partial charge in [-0.05, 0) is 30.7 Å². The van der Waals surface area contributed by atoms with Crippen molar-refractivity contribution in [1.82, 2.24) is 19.7 Å². The van der Waals surface area contributed by atoms with Crippen LogP contribution < -0.4 is 5.32 Å². The molecule has 0 amide bonds. The van der Waals surface area contributed by atoms with Gasteiger partial charge >= 0.3 is 0 Å². The number of nitrogens with zero attached hydrogens (tertiary/aromatic N) is 3. The Labute approximate surface area is 126 Å². The second-order valence-electron chi connectivity index (χ2n) is 4.96. The van der Waals surface area contributed by atoms with Crippen LogP contribution in [0.4, 0.5) is 8.78 Å². The fourth-order valence-electron chi connectivity index (χ4n) is 2.16. The minimum absolute atomic E-state index is 0.330. The number of hydrogen-bond acceptors (Lipinski definition) is 3. The first-order chi connectivity index (χ1) is 10.5. The summed E-state index contributed by atoms with van der Waals surface area (Å²) in [7, 11) is 0. The lowest BCUT2D eigenvalue weighted by molar-refractivity contribution is 0.507. The van der Waals surface area contributed by atoms with Gasteiger partial charge in [0.25, 0.3) is 0 Å². The van der Waals surface area contributed by atoms with Gasteiger partial charge in [-0.1, -0.05) is 12.6 Å². The van der Waals surface area contributed by atoms with Gasteiger partial charge in [-0.25, -0.2) is 18.7 Å². The van der Waals surface area contributed by atoms with Gasteiger partial charge < -0.3 is 5.32 Å². The van der Waals surface area contributed by atoms with Crippen LogP contribution in [0.5, 0.6) is 0 Å². The Morgan fingerprint density at radius 3 is 2.86 bits per heavy atom. The lowest BCUT2D eigenvalue weighted by Gasteiger charge is -2.11. The summed E-state index contributed by atoms with van der Waals surface area (Å²) in [5.41, 5.74) is 2.86. The topological polar surface area (TPSA) is 42.2 Å². The highest BCUT2D eigenvalue weighted by Crippen LogP contribution is 2.13. The van der Waals surface area contributed by atoms with Gasteiger partial charge in [-0.15, -0.1) is 0 Å². The van der Waals surface area contributed by atoms with Gasteiger partial charge in [0.15, 0.2) is 11.6 Å². The molecule has 4 nitrogen and oxygen atoms in total. The van der Waals surface area contributed by atoms with E-state index >= 15 is 0 Å². The Balaban J connectivity index is 1.76. The Morgan fingerprint density at radius 1 is 1.27 bits per heavy atom. The van der Waals surface area contributed by atoms with Gasteiger partial charge in [0.2, 0.25) is 5.78 Å². The molecule has 3 rings (SSSR count). The number of hydrogen-bond donors (Lipinski definition) is 1. The average Bonchev–Trinajstić information content (AvgIpc) is 2.97. The Morgan fingerprint density at radius 2 is 2.09 bits per heavy atom. The monoisotopic (exact) mass is 300 g/mol. The maximum absolute atomic E-state index is 13.2. The molecule has 0 saturated heterocycles. The standard InChI is InChI=1S/C16H14F2N4/c1-10-7-15(21-16-19-5-6-22(10)16)11(2)20-9-12-3-4-13(17)14(18)8-12/h3-8,20H,2,9H2,1H3. The first-order valence-corrected chi connectivity index (χ1v) is 6.72. The molecule has 0 spiro atoms. The molecule has 22 heavy (non-hydrogen) atoms. The number of aryl methyl sites for hydroxylation is 1. The first kappa shape index (κ1) is 14.2. The van der Waals surface area contributed by atoms with Crippen molar-refractivity contribution in [3.8, 4) is 0 Å². The molecule has 2 aromatic heterocycles. The summed E-state index contributed by atoms with van der Waals surface area (Å²) in [6, 6.07) is 5.67. The SMILES string of the molecule is C=C(NCc1ccc(F)c(F)c1)c1cc(C)n2ccnc2n1. The normalized spacial score (nSPS) is 10.9. The number of nitrogens with one attached hydrogen (secondary N) is 1. The van der Waals surface area contributed by atoms with Crippen LogP contribution in [0, 0.1) is 18.6 Å². The third-order valence-electron chi connectivity index (χ3n) is 3.37. The van der Waals surface area contributed by atoms with Crippen LogP contribution >= 0.6 is 0 Å². The summed E-state index contributed by atoms with van der Waals surface area (Å²) in [5.74, 6) is -1.13. The minimum Gasteiger partial charge on any atom is -0.380 e. The zero-order valence-electron chi connectivity index (χ0n) is 12.0. The molecule has 0 aliphatic rings. The fraction of sp³-hybridized carbons (Fsp3) is 0.125.